The van der Waals surface area contributed by atoms with E-state index in [2.05, 4.69) is 50.7 Å². The van der Waals surface area contributed by atoms with Crippen LogP contribution in [-0.2, 0) is 11.1 Å². The van der Waals surface area contributed by atoms with Crippen LogP contribution in [-0.4, -0.2) is 9.13 Å². The van der Waals surface area contributed by atoms with Gasteiger partial charge in [0, 0.05) is 32.6 Å². The summed E-state index contributed by atoms with van der Waals surface area (Å²) in [5, 5.41) is 2.66. The fourth-order valence-corrected chi connectivity index (χ4v) is 5.03. The van der Waals surface area contributed by atoms with Gasteiger partial charge >= 0.3 is 0 Å². The van der Waals surface area contributed by atoms with E-state index in [0.717, 1.165) is 22.1 Å². The second-order valence-electron chi connectivity index (χ2n) is 10.6. The first kappa shape index (κ1) is 20.5. The maximum absolute atomic E-state index is 13.6. The predicted molar refractivity (Wildman–Crippen MR) is 135 cm³/mol. The zero-order valence-corrected chi connectivity index (χ0v) is 19.5. The van der Waals surface area contributed by atoms with Crippen LogP contribution in [0.4, 0.5) is 0 Å². The molecule has 0 fully saturated rings. The average Bonchev–Trinajstić information content (AvgIpc) is 2.72. The molecule has 2 heterocycles. The number of hydrogen-bond acceptors (Lipinski definition) is 2. The second-order valence-corrected chi connectivity index (χ2v) is 10.6. The van der Waals surface area contributed by atoms with E-state index in [9.17, 15) is 9.59 Å². The molecule has 0 aliphatic heterocycles. The molecule has 5 rings (SSSR count). The first-order chi connectivity index (χ1) is 15.0. The largest absolute Gasteiger partial charge is 0.335 e. The van der Waals surface area contributed by atoms with Crippen LogP contribution in [0.2, 0.25) is 0 Å². The number of fused-ring (bicyclic) bond motifs is 4. The zero-order valence-electron chi connectivity index (χ0n) is 19.5. The Hall–Kier alpha value is -3.40. The molecule has 3 aromatic carbocycles. The molecule has 0 bridgehead atoms. The molecular formula is C28H28N2O2. The molecule has 4 heteroatoms. The van der Waals surface area contributed by atoms with E-state index in [1.54, 1.807) is 0 Å². The van der Waals surface area contributed by atoms with Crippen LogP contribution in [0.25, 0.3) is 43.6 Å². The molecule has 0 saturated heterocycles. The summed E-state index contributed by atoms with van der Waals surface area (Å²) in [5.41, 5.74) is 2.79. The van der Waals surface area contributed by atoms with Crippen LogP contribution in [0.15, 0.2) is 70.3 Å². The van der Waals surface area contributed by atoms with Gasteiger partial charge in [0.05, 0.1) is 22.1 Å². The van der Waals surface area contributed by atoms with Crippen molar-refractivity contribution >= 4 is 43.6 Å². The van der Waals surface area contributed by atoms with E-state index < -0.39 is 0 Å². The Labute approximate surface area is 186 Å². The van der Waals surface area contributed by atoms with E-state index in [1.807, 2.05) is 60.7 Å². The summed E-state index contributed by atoms with van der Waals surface area (Å²) in [6, 6.07) is 19.3. The number of hydrogen-bond donors (Lipinski definition) is 0. The van der Waals surface area contributed by atoms with Crippen molar-refractivity contribution < 1.29 is 0 Å². The Morgan fingerprint density at radius 3 is 1.19 bits per heavy atom. The summed E-state index contributed by atoms with van der Waals surface area (Å²) in [5.74, 6) is 0. The van der Waals surface area contributed by atoms with Gasteiger partial charge in [0.25, 0.3) is 0 Å². The molecule has 0 amide bonds. The first-order valence-electron chi connectivity index (χ1n) is 11.1. The van der Waals surface area contributed by atoms with Crippen molar-refractivity contribution in [2.45, 2.75) is 52.6 Å². The zero-order chi connectivity index (χ0) is 23.0. The lowest BCUT2D eigenvalue weighted by Crippen LogP contribution is -2.27. The van der Waals surface area contributed by atoms with Gasteiger partial charge in [-0.1, -0.05) is 24.3 Å². The van der Waals surface area contributed by atoms with Crippen LogP contribution >= 0.6 is 0 Å². The highest BCUT2D eigenvalue weighted by molar-refractivity contribution is 6.04. The van der Waals surface area contributed by atoms with Gasteiger partial charge in [-0.2, -0.15) is 0 Å². The summed E-state index contributed by atoms with van der Waals surface area (Å²) in [4.78, 5) is 27.2. The van der Waals surface area contributed by atoms with Crippen molar-refractivity contribution in [3.8, 4) is 0 Å². The smallest absolute Gasteiger partial charge is 0.197 e. The predicted octanol–water partition coefficient (Wildman–Crippen LogP) is 6.13. The number of para-hydroxylation sites is 2. The third-order valence-electron chi connectivity index (χ3n) is 6.21. The molecule has 5 aromatic rings. The SMILES string of the molecule is CC(C)(C)n1c2ccccc2c(=O)c2cc3c(cc21)c(=O)c1ccccc1n3C(C)(C)C. The monoisotopic (exact) mass is 424 g/mol. The van der Waals surface area contributed by atoms with Gasteiger partial charge in [-0.05, 0) is 77.9 Å². The lowest BCUT2D eigenvalue weighted by atomic mass is 9.98. The molecule has 4 nitrogen and oxygen atoms in total. The Balaban J connectivity index is 2.16. The highest BCUT2D eigenvalue weighted by Crippen LogP contribution is 2.32. The summed E-state index contributed by atoms with van der Waals surface area (Å²) in [6.07, 6.45) is 0. The van der Waals surface area contributed by atoms with E-state index in [-0.39, 0.29) is 21.9 Å². The van der Waals surface area contributed by atoms with Crippen LogP contribution in [0, 0.1) is 0 Å². The quantitative estimate of drug-likeness (QED) is 0.281. The summed E-state index contributed by atoms with van der Waals surface area (Å²) in [7, 11) is 0. The average molecular weight is 425 g/mol. The fourth-order valence-electron chi connectivity index (χ4n) is 5.03. The van der Waals surface area contributed by atoms with E-state index in [0.29, 0.717) is 21.5 Å². The summed E-state index contributed by atoms with van der Waals surface area (Å²) >= 11 is 0. The van der Waals surface area contributed by atoms with Gasteiger partial charge in [0.15, 0.2) is 10.9 Å². The highest BCUT2D eigenvalue weighted by atomic mass is 16.1. The molecular weight excluding hydrogens is 396 g/mol. The molecule has 32 heavy (non-hydrogen) atoms. The topological polar surface area (TPSA) is 44.0 Å². The lowest BCUT2D eigenvalue weighted by Gasteiger charge is -2.30. The molecule has 162 valence electrons. The van der Waals surface area contributed by atoms with Crippen molar-refractivity contribution in [2.24, 2.45) is 0 Å². The van der Waals surface area contributed by atoms with E-state index >= 15 is 0 Å². The number of nitrogens with zero attached hydrogens (tertiary/aromatic N) is 2. The molecule has 0 spiro atoms. The molecule has 0 saturated carbocycles. The van der Waals surface area contributed by atoms with Gasteiger partial charge in [-0.15, -0.1) is 0 Å². The fraction of sp³-hybridized carbons (Fsp3) is 0.286. The molecule has 2 aromatic heterocycles. The molecule has 0 N–H and O–H groups in total. The maximum atomic E-state index is 13.6. The lowest BCUT2D eigenvalue weighted by molar-refractivity contribution is 0.420. The van der Waals surface area contributed by atoms with Crippen molar-refractivity contribution in [3.05, 3.63) is 81.1 Å². The van der Waals surface area contributed by atoms with Crippen molar-refractivity contribution in [3.63, 3.8) is 0 Å². The van der Waals surface area contributed by atoms with Crippen LogP contribution in [0.5, 0.6) is 0 Å². The first-order valence-corrected chi connectivity index (χ1v) is 11.1. The third kappa shape index (κ3) is 2.82. The van der Waals surface area contributed by atoms with E-state index in [1.165, 1.54) is 0 Å². The van der Waals surface area contributed by atoms with Gasteiger partial charge in [-0.3, -0.25) is 9.59 Å². The van der Waals surface area contributed by atoms with Crippen LogP contribution in [0.3, 0.4) is 0 Å². The van der Waals surface area contributed by atoms with Gasteiger partial charge in [-0.25, -0.2) is 0 Å². The number of aromatic nitrogens is 2. The van der Waals surface area contributed by atoms with Crippen LogP contribution < -0.4 is 10.9 Å². The Bertz CT molecular complexity index is 1550. The molecule has 0 atom stereocenters. The minimum absolute atomic E-state index is 0.000864. The van der Waals surface area contributed by atoms with Crippen molar-refractivity contribution in [2.75, 3.05) is 0 Å². The third-order valence-corrected chi connectivity index (χ3v) is 6.21. The van der Waals surface area contributed by atoms with Crippen molar-refractivity contribution in [1.82, 2.24) is 9.13 Å². The number of pyridine rings is 2. The van der Waals surface area contributed by atoms with E-state index in [4.69, 9.17) is 0 Å². The Kier molecular flexibility index (Phi) is 4.20. The van der Waals surface area contributed by atoms with Crippen LogP contribution in [0.1, 0.15) is 41.5 Å². The number of rotatable bonds is 0. The standard InChI is InChI=1S/C28H28N2O2/c1-27(2,3)29-21-13-9-7-11-17(21)25(31)19-16-24-20(15-23(19)29)26(32)18-12-8-10-14-22(18)30(24)28(4,5)6/h7-16H,1-6H3. The van der Waals surface area contributed by atoms with Gasteiger partial charge in [0.2, 0.25) is 0 Å². The maximum Gasteiger partial charge on any atom is 0.197 e. The molecule has 0 aliphatic carbocycles. The summed E-state index contributed by atoms with van der Waals surface area (Å²) < 4.78 is 4.38. The highest BCUT2D eigenvalue weighted by Gasteiger charge is 2.24. The normalized spacial score (nSPS) is 12.9. The minimum atomic E-state index is -0.279. The van der Waals surface area contributed by atoms with Gasteiger partial charge < -0.3 is 9.13 Å². The molecule has 0 unspecified atom stereocenters. The van der Waals surface area contributed by atoms with Crippen molar-refractivity contribution in [1.29, 1.82) is 0 Å². The Morgan fingerprint density at radius 2 is 0.844 bits per heavy atom. The minimum Gasteiger partial charge on any atom is -0.335 e. The number of benzene rings is 3. The Morgan fingerprint density at radius 1 is 0.500 bits per heavy atom. The molecule has 0 radical (unpaired) electrons. The molecule has 0 aliphatic rings. The summed E-state index contributed by atoms with van der Waals surface area (Å²) in [6.45, 7) is 12.8. The van der Waals surface area contributed by atoms with Gasteiger partial charge in [0.1, 0.15) is 0 Å². The second kappa shape index (κ2) is 6.55.